The highest BCUT2D eigenvalue weighted by atomic mass is 16.6. The van der Waals surface area contributed by atoms with Crippen LogP contribution in [0.3, 0.4) is 0 Å². The maximum absolute atomic E-state index is 12.5. The van der Waals surface area contributed by atoms with Crippen molar-refractivity contribution in [3.8, 4) is 0 Å². The molecule has 1 saturated heterocycles. The zero-order valence-electron chi connectivity index (χ0n) is 20.4. The zero-order chi connectivity index (χ0) is 25.6. The average Bonchev–Trinajstić information content (AvgIpc) is 2.95. The van der Waals surface area contributed by atoms with E-state index in [-0.39, 0.29) is 25.0 Å². The van der Waals surface area contributed by atoms with Crippen LogP contribution in [-0.2, 0) is 23.8 Å². The number of carbonyl (C=O) groups excluding carboxylic acids is 2. The second kappa shape index (κ2) is 7.72. The molecule has 0 aromatic heterocycles. The Kier molecular flexibility index (Phi) is 5.79. The van der Waals surface area contributed by atoms with Crippen LogP contribution in [0.15, 0.2) is 11.1 Å². The third kappa shape index (κ3) is 3.02. The van der Waals surface area contributed by atoms with Crippen molar-refractivity contribution in [3.05, 3.63) is 11.1 Å². The predicted molar refractivity (Wildman–Crippen MR) is 116 cm³/mol. The molecule has 3 fully saturated rings. The van der Waals surface area contributed by atoms with E-state index in [1.165, 1.54) is 27.7 Å². The quantitative estimate of drug-likeness (QED) is 0.263. The Morgan fingerprint density at radius 3 is 2.21 bits per heavy atom. The van der Waals surface area contributed by atoms with Gasteiger partial charge in [0.2, 0.25) is 0 Å². The molecule has 10 nitrogen and oxygen atoms in total. The molecule has 0 bridgehead atoms. The number of fused-ring (bicyclic) bond motifs is 4. The molecular formula is C24H36O10. The van der Waals surface area contributed by atoms with E-state index in [1.54, 1.807) is 13.8 Å². The molecule has 4 rings (SSSR count). The third-order valence-electron chi connectivity index (χ3n) is 9.07. The molecular weight excluding hydrogens is 448 g/mol. The third-order valence-corrected chi connectivity index (χ3v) is 9.07. The van der Waals surface area contributed by atoms with Gasteiger partial charge in [0.15, 0.2) is 5.60 Å². The topological polar surface area (TPSA) is 163 Å². The first-order chi connectivity index (χ1) is 15.6. The molecule has 34 heavy (non-hydrogen) atoms. The highest BCUT2D eigenvalue weighted by Gasteiger charge is 2.78. The van der Waals surface area contributed by atoms with Gasteiger partial charge in [-0.1, -0.05) is 6.92 Å². The van der Waals surface area contributed by atoms with Gasteiger partial charge < -0.3 is 39.7 Å². The van der Waals surface area contributed by atoms with Gasteiger partial charge in [-0.25, -0.2) is 0 Å². The van der Waals surface area contributed by atoms with Crippen LogP contribution in [0.1, 0.15) is 54.4 Å². The van der Waals surface area contributed by atoms with Gasteiger partial charge in [0.05, 0.1) is 41.9 Å². The summed E-state index contributed by atoms with van der Waals surface area (Å²) in [5.74, 6) is -2.40. The maximum Gasteiger partial charge on any atom is 0.303 e. The van der Waals surface area contributed by atoms with E-state index in [0.717, 1.165) is 0 Å². The zero-order valence-corrected chi connectivity index (χ0v) is 20.4. The van der Waals surface area contributed by atoms with Gasteiger partial charge in [-0.15, -0.1) is 0 Å². The Balaban J connectivity index is 2.10. The number of hydrogen-bond acceptors (Lipinski definition) is 10. The van der Waals surface area contributed by atoms with Crippen molar-refractivity contribution in [2.24, 2.45) is 16.7 Å². The van der Waals surface area contributed by atoms with Crippen molar-refractivity contribution >= 4 is 11.9 Å². The first kappa shape index (κ1) is 25.5. The number of hydrogen-bond donors (Lipinski definition) is 5. The van der Waals surface area contributed by atoms with Gasteiger partial charge in [0.25, 0.3) is 0 Å². The van der Waals surface area contributed by atoms with Gasteiger partial charge in [0.1, 0.15) is 18.3 Å². The monoisotopic (exact) mass is 484 g/mol. The summed E-state index contributed by atoms with van der Waals surface area (Å²) in [7, 11) is 0. The molecule has 5 N–H and O–H groups in total. The Hall–Kier alpha value is -1.56. The fourth-order valence-electron chi connectivity index (χ4n) is 7.43. The van der Waals surface area contributed by atoms with Crippen LogP contribution in [0.4, 0.5) is 0 Å². The predicted octanol–water partition coefficient (Wildman–Crippen LogP) is -0.420. The minimum absolute atomic E-state index is 0.0209. The lowest BCUT2D eigenvalue weighted by molar-refractivity contribution is -0.352. The van der Waals surface area contributed by atoms with E-state index in [4.69, 9.17) is 14.2 Å². The molecule has 2 saturated carbocycles. The van der Waals surface area contributed by atoms with E-state index in [2.05, 4.69) is 0 Å². The molecule has 0 radical (unpaired) electrons. The molecule has 192 valence electrons. The van der Waals surface area contributed by atoms with E-state index < -0.39 is 76.5 Å². The van der Waals surface area contributed by atoms with Crippen LogP contribution >= 0.6 is 0 Å². The minimum Gasteiger partial charge on any atom is -0.461 e. The molecule has 3 aliphatic carbocycles. The molecule has 1 aliphatic heterocycles. The Morgan fingerprint density at radius 1 is 1.12 bits per heavy atom. The van der Waals surface area contributed by atoms with Crippen molar-refractivity contribution in [2.45, 2.75) is 102 Å². The van der Waals surface area contributed by atoms with Crippen molar-refractivity contribution in [1.29, 1.82) is 0 Å². The fourth-order valence-corrected chi connectivity index (χ4v) is 7.43. The number of carbonyl (C=O) groups is 2. The molecule has 10 atom stereocenters. The maximum atomic E-state index is 12.5. The number of ether oxygens (including phenoxy) is 3. The van der Waals surface area contributed by atoms with Crippen molar-refractivity contribution < 1.29 is 49.3 Å². The smallest absolute Gasteiger partial charge is 0.303 e. The Bertz CT molecular complexity index is 923. The van der Waals surface area contributed by atoms with Crippen LogP contribution in [-0.4, -0.2) is 91.9 Å². The lowest BCUT2D eigenvalue weighted by Crippen LogP contribution is -2.78. The minimum atomic E-state index is -1.67. The van der Waals surface area contributed by atoms with Crippen LogP contribution < -0.4 is 0 Å². The van der Waals surface area contributed by atoms with Gasteiger partial charge in [-0.2, -0.15) is 0 Å². The van der Waals surface area contributed by atoms with Crippen LogP contribution in [0.25, 0.3) is 0 Å². The normalized spacial score (nSPS) is 48.1. The highest BCUT2D eigenvalue weighted by Crippen LogP contribution is 2.67. The molecule has 1 heterocycles. The fraction of sp³-hybridized carbons (Fsp3) is 0.833. The molecule has 0 amide bonds. The molecule has 10 heteroatoms. The second-order valence-corrected chi connectivity index (χ2v) is 11.2. The SMILES string of the molecule is CC(=O)O[C@H]1[C@@H]2[C@]3(OC(C)=O)CO[C@@H]3C[C@H](O)[C@@]2(C)[C@@H](O)[C@H](O)C2=C(C)[C@@H](O)C[C@@]21C(C)(C)O. The summed E-state index contributed by atoms with van der Waals surface area (Å²) in [6, 6.07) is 0. The molecule has 0 unspecified atom stereocenters. The van der Waals surface area contributed by atoms with E-state index >= 15 is 0 Å². The average molecular weight is 485 g/mol. The van der Waals surface area contributed by atoms with Crippen LogP contribution in [0.5, 0.6) is 0 Å². The standard InChI is InChI=1S/C24H36O10/c1-10-13(27)8-23(21(4,5)31)16(10)17(29)19(30)22(6)14(28)7-15-24(9-32-15,34-12(3)26)18(22)20(23)33-11(2)25/h13-15,17-20,27-31H,7-9H2,1-6H3/t13-,14-,15+,17+,18-,19-,20-,22+,23+,24-/m0/s1. The number of esters is 2. The summed E-state index contributed by atoms with van der Waals surface area (Å²) in [6.45, 7) is 8.49. The molecule has 0 spiro atoms. The Morgan fingerprint density at radius 2 is 1.74 bits per heavy atom. The van der Waals surface area contributed by atoms with Crippen LogP contribution in [0.2, 0.25) is 0 Å². The molecule has 4 aliphatic rings. The molecule has 0 aromatic carbocycles. The van der Waals surface area contributed by atoms with Gasteiger partial charge in [-0.05, 0) is 38.3 Å². The van der Waals surface area contributed by atoms with E-state index in [1.807, 2.05) is 0 Å². The number of aliphatic hydroxyl groups is 5. The lowest BCUT2D eigenvalue weighted by Gasteiger charge is -2.65. The van der Waals surface area contributed by atoms with Crippen molar-refractivity contribution in [1.82, 2.24) is 0 Å². The van der Waals surface area contributed by atoms with Gasteiger partial charge >= 0.3 is 11.9 Å². The Labute approximate surface area is 198 Å². The van der Waals surface area contributed by atoms with Crippen LogP contribution in [0, 0.1) is 16.7 Å². The lowest BCUT2D eigenvalue weighted by atomic mass is 9.49. The van der Waals surface area contributed by atoms with E-state index in [9.17, 15) is 35.1 Å². The highest BCUT2D eigenvalue weighted by molar-refractivity contribution is 5.68. The number of aliphatic hydroxyl groups excluding tert-OH is 4. The van der Waals surface area contributed by atoms with Crippen molar-refractivity contribution in [3.63, 3.8) is 0 Å². The summed E-state index contributed by atoms with van der Waals surface area (Å²) in [5.41, 5.74) is -5.64. The van der Waals surface area contributed by atoms with Gasteiger partial charge in [0, 0.05) is 25.7 Å². The first-order valence-corrected chi connectivity index (χ1v) is 11.7. The summed E-state index contributed by atoms with van der Waals surface area (Å²) in [5, 5.41) is 56.9. The summed E-state index contributed by atoms with van der Waals surface area (Å²) in [6.07, 6.45) is -7.63. The first-order valence-electron chi connectivity index (χ1n) is 11.7. The van der Waals surface area contributed by atoms with Gasteiger partial charge in [-0.3, -0.25) is 9.59 Å². The summed E-state index contributed by atoms with van der Waals surface area (Å²) < 4.78 is 17.5. The summed E-state index contributed by atoms with van der Waals surface area (Å²) >= 11 is 0. The largest absolute Gasteiger partial charge is 0.461 e. The molecule has 0 aromatic rings. The second-order valence-electron chi connectivity index (χ2n) is 11.2. The van der Waals surface area contributed by atoms with E-state index in [0.29, 0.717) is 5.57 Å². The van der Waals surface area contributed by atoms with Crippen molar-refractivity contribution in [2.75, 3.05) is 6.61 Å². The summed E-state index contributed by atoms with van der Waals surface area (Å²) in [4.78, 5) is 24.8. The number of rotatable bonds is 3.